The molecule has 0 radical (unpaired) electrons. The van der Waals surface area contributed by atoms with Crippen molar-refractivity contribution in [3.8, 4) is 0 Å². The standard InChI is InChI=1S/C11H25NO/c1-6-9(3)11(12-7-2)8-10(4)13-5/h9-12H,6-8H2,1-5H3. The monoisotopic (exact) mass is 187 g/mol. The van der Waals surface area contributed by atoms with E-state index in [-0.39, 0.29) is 0 Å². The highest BCUT2D eigenvalue weighted by atomic mass is 16.5. The minimum absolute atomic E-state index is 0.359. The van der Waals surface area contributed by atoms with E-state index in [2.05, 4.69) is 33.0 Å². The van der Waals surface area contributed by atoms with Crippen LogP contribution in [0.3, 0.4) is 0 Å². The van der Waals surface area contributed by atoms with Gasteiger partial charge in [0.05, 0.1) is 6.10 Å². The first-order valence-corrected chi connectivity index (χ1v) is 5.41. The Morgan fingerprint density at radius 3 is 2.23 bits per heavy atom. The molecule has 13 heavy (non-hydrogen) atoms. The maximum atomic E-state index is 5.28. The summed E-state index contributed by atoms with van der Waals surface area (Å²) in [6.45, 7) is 9.88. The van der Waals surface area contributed by atoms with Crippen molar-refractivity contribution in [2.45, 2.75) is 52.7 Å². The van der Waals surface area contributed by atoms with Crippen molar-refractivity contribution in [2.24, 2.45) is 5.92 Å². The van der Waals surface area contributed by atoms with Crippen molar-refractivity contribution in [2.75, 3.05) is 13.7 Å². The van der Waals surface area contributed by atoms with E-state index in [9.17, 15) is 0 Å². The quantitative estimate of drug-likeness (QED) is 0.661. The van der Waals surface area contributed by atoms with Crippen LogP contribution in [0.25, 0.3) is 0 Å². The van der Waals surface area contributed by atoms with Crippen LogP contribution in [0.4, 0.5) is 0 Å². The normalized spacial score (nSPS) is 18.2. The number of rotatable bonds is 7. The molecule has 3 atom stereocenters. The van der Waals surface area contributed by atoms with Gasteiger partial charge in [0.1, 0.15) is 0 Å². The molecule has 0 heterocycles. The lowest BCUT2D eigenvalue weighted by Gasteiger charge is -2.26. The van der Waals surface area contributed by atoms with Crippen LogP contribution in [-0.2, 0) is 4.74 Å². The molecule has 0 saturated heterocycles. The zero-order valence-electron chi connectivity index (χ0n) is 9.76. The van der Waals surface area contributed by atoms with Crippen LogP contribution < -0.4 is 5.32 Å². The molecule has 80 valence electrons. The van der Waals surface area contributed by atoms with Crippen LogP contribution in [0.15, 0.2) is 0 Å². The van der Waals surface area contributed by atoms with Gasteiger partial charge in [-0.1, -0.05) is 27.2 Å². The molecule has 0 aliphatic heterocycles. The molecule has 0 amide bonds. The zero-order chi connectivity index (χ0) is 10.3. The van der Waals surface area contributed by atoms with E-state index in [1.54, 1.807) is 7.11 Å². The summed E-state index contributed by atoms with van der Waals surface area (Å²) in [4.78, 5) is 0. The molecular weight excluding hydrogens is 162 g/mol. The van der Waals surface area contributed by atoms with Crippen LogP contribution in [0.2, 0.25) is 0 Å². The van der Waals surface area contributed by atoms with Gasteiger partial charge in [0.2, 0.25) is 0 Å². The van der Waals surface area contributed by atoms with Crippen LogP contribution in [0.5, 0.6) is 0 Å². The van der Waals surface area contributed by atoms with E-state index in [1.165, 1.54) is 6.42 Å². The van der Waals surface area contributed by atoms with Gasteiger partial charge < -0.3 is 10.1 Å². The lowest BCUT2D eigenvalue weighted by atomic mass is 9.94. The molecule has 0 bridgehead atoms. The van der Waals surface area contributed by atoms with Gasteiger partial charge in [0, 0.05) is 13.2 Å². The Kier molecular flexibility index (Phi) is 7.29. The number of methoxy groups -OCH3 is 1. The number of hydrogen-bond acceptors (Lipinski definition) is 2. The summed E-state index contributed by atoms with van der Waals surface area (Å²) in [5, 5.41) is 3.52. The number of nitrogens with one attached hydrogen (secondary N) is 1. The molecule has 0 fully saturated rings. The van der Waals surface area contributed by atoms with Gasteiger partial charge in [-0.3, -0.25) is 0 Å². The number of ether oxygens (including phenoxy) is 1. The van der Waals surface area contributed by atoms with Crippen molar-refractivity contribution >= 4 is 0 Å². The Morgan fingerprint density at radius 2 is 1.85 bits per heavy atom. The van der Waals surface area contributed by atoms with Gasteiger partial charge in [-0.25, -0.2) is 0 Å². The Labute approximate surface area is 83.1 Å². The van der Waals surface area contributed by atoms with Crippen molar-refractivity contribution in [1.29, 1.82) is 0 Å². The molecule has 0 aliphatic rings. The second-order valence-corrected chi connectivity index (χ2v) is 3.83. The van der Waals surface area contributed by atoms with Gasteiger partial charge in [-0.15, -0.1) is 0 Å². The van der Waals surface area contributed by atoms with E-state index in [0.717, 1.165) is 18.9 Å². The molecule has 0 aliphatic carbocycles. The summed E-state index contributed by atoms with van der Waals surface area (Å²) < 4.78 is 5.28. The minimum Gasteiger partial charge on any atom is -0.382 e. The van der Waals surface area contributed by atoms with Gasteiger partial charge in [0.15, 0.2) is 0 Å². The number of hydrogen-bond donors (Lipinski definition) is 1. The second-order valence-electron chi connectivity index (χ2n) is 3.83. The summed E-state index contributed by atoms with van der Waals surface area (Å²) in [6.07, 6.45) is 2.70. The lowest BCUT2D eigenvalue weighted by molar-refractivity contribution is 0.0930. The van der Waals surface area contributed by atoms with Crippen LogP contribution in [0, 0.1) is 5.92 Å². The molecule has 1 N–H and O–H groups in total. The fourth-order valence-corrected chi connectivity index (χ4v) is 1.52. The average Bonchev–Trinajstić information content (AvgIpc) is 2.15. The Bertz CT molecular complexity index is 117. The largest absolute Gasteiger partial charge is 0.382 e. The third-order valence-corrected chi connectivity index (χ3v) is 2.79. The highest BCUT2D eigenvalue weighted by Crippen LogP contribution is 2.13. The third kappa shape index (κ3) is 5.27. The molecule has 0 spiro atoms. The molecule has 2 nitrogen and oxygen atoms in total. The topological polar surface area (TPSA) is 21.3 Å². The van der Waals surface area contributed by atoms with Crippen LogP contribution in [-0.4, -0.2) is 25.8 Å². The Hall–Kier alpha value is -0.0800. The summed E-state index contributed by atoms with van der Waals surface area (Å²) in [7, 11) is 1.78. The highest BCUT2D eigenvalue weighted by molar-refractivity contribution is 4.74. The predicted molar refractivity (Wildman–Crippen MR) is 58.0 cm³/mol. The minimum atomic E-state index is 0.359. The average molecular weight is 187 g/mol. The van der Waals surface area contributed by atoms with Gasteiger partial charge in [0.25, 0.3) is 0 Å². The summed E-state index contributed by atoms with van der Waals surface area (Å²) in [5.74, 6) is 0.734. The van der Waals surface area contributed by atoms with Crippen molar-refractivity contribution in [1.82, 2.24) is 5.32 Å². The van der Waals surface area contributed by atoms with Crippen molar-refractivity contribution < 1.29 is 4.74 Å². The highest BCUT2D eigenvalue weighted by Gasteiger charge is 2.17. The Balaban J connectivity index is 3.92. The Morgan fingerprint density at radius 1 is 1.23 bits per heavy atom. The van der Waals surface area contributed by atoms with E-state index < -0.39 is 0 Å². The van der Waals surface area contributed by atoms with E-state index >= 15 is 0 Å². The van der Waals surface area contributed by atoms with Crippen molar-refractivity contribution in [3.63, 3.8) is 0 Å². The SMILES string of the molecule is CCNC(CC(C)OC)C(C)CC. The molecular formula is C11H25NO. The van der Waals surface area contributed by atoms with Gasteiger partial charge in [-0.2, -0.15) is 0 Å². The first-order valence-electron chi connectivity index (χ1n) is 5.41. The second kappa shape index (κ2) is 7.34. The predicted octanol–water partition coefficient (Wildman–Crippen LogP) is 2.44. The van der Waals surface area contributed by atoms with E-state index in [1.807, 2.05) is 0 Å². The summed E-state index contributed by atoms with van der Waals surface area (Å²) in [5.41, 5.74) is 0. The molecule has 2 heteroatoms. The maximum Gasteiger partial charge on any atom is 0.0558 e. The van der Waals surface area contributed by atoms with Crippen LogP contribution in [0.1, 0.15) is 40.5 Å². The third-order valence-electron chi connectivity index (χ3n) is 2.79. The molecule has 0 aromatic carbocycles. The summed E-state index contributed by atoms with van der Waals surface area (Å²) >= 11 is 0. The molecule has 0 rings (SSSR count). The smallest absolute Gasteiger partial charge is 0.0558 e. The van der Waals surface area contributed by atoms with E-state index in [4.69, 9.17) is 4.74 Å². The first-order chi connectivity index (χ1) is 6.15. The van der Waals surface area contributed by atoms with Crippen LogP contribution >= 0.6 is 0 Å². The molecule has 0 aromatic heterocycles. The molecule has 0 saturated carbocycles. The maximum absolute atomic E-state index is 5.28. The first kappa shape index (κ1) is 12.9. The molecule has 3 unspecified atom stereocenters. The van der Waals surface area contributed by atoms with Gasteiger partial charge in [-0.05, 0) is 25.8 Å². The van der Waals surface area contributed by atoms with E-state index in [0.29, 0.717) is 12.1 Å². The van der Waals surface area contributed by atoms with Gasteiger partial charge >= 0.3 is 0 Å². The fraction of sp³-hybridized carbons (Fsp3) is 1.00. The van der Waals surface area contributed by atoms with Crippen molar-refractivity contribution in [3.05, 3.63) is 0 Å². The summed E-state index contributed by atoms with van der Waals surface area (Å²) in [6, 6.07) is 0.602. The lowest BCUT2D eigenvalue weighted by Crippen LogP contribution is -2.37. The zero-order valence-corrected chi connectivity index (χ0v) is 9.76. The fourth-order valence-electron chi connectivity index (χ4n) is 1.52. The molecule has 0 aromatic rings.